The molecule has 0 spiro atoms. The summed E-state index contributed by atoms with van der Waals surface area (Å²) in [6.07, 6.45) is 0. The number of rotatable bonds is 7. The molecule has 0 aromatic heterocycles. The zero-order valence-electron chi connectivity index (χ0n) is 17.8. The molecular weight excluding hydrogens is 380 g/mol. The lowest BCUT2D eigenvalue weighted by Gasteiger charge is -2.22. The van der Waals surface area contributed by atoms with Crippen LogP contribution in [0.25, 0.3) is 5.57 Å². The van der Waals surface area contributed by atoms with E-state index in [-0.39, 0.29) is 11.8 Å². The summed E-state index contributed by atoms with van der Waals surface area (Å²) in [6.45, 7) is 12.1. The van der Waals surface area contributed by atoms with Crippen LogP contribution in [0.2, 0.25) is 0 Å². The number of thioether (sulfide) groups is 1. The molecule has 2 amide bonds. The molecule has 0 saturated carbocycles. The number of anilines is 2. The SMILES string of the molecule is CCSC1=C(c2ccc(C)cc2C)C(=O)N(c2ccc(N(CC)CC)cc2)C1=O. The molecule has 1 heterocycles. The van der Waals surface area contributed by atoms with E-state index < -0.39 is 0 Å². The van der Waals surface area contributed by atoms with Crippen LogP contribution >= 0.6 is 11.8 Å². The van der Waals surface area contributed by atoms with Gasteiger partial charge in [-0.25, -0.2) is 4.90 Å². The second-order valence-electron chi connectivity index (χ2n) is 7.09. The largest absolute Gasteiger partial charge is 0.372 e. The maximum atomic E-state index is 13.4. The molecule has 3 rings (SSSR count). The highest BCUT2D eigenvalue weighted by Gasteiger charge is 2.40. The molecular formula is C24H28N2O2S. The van der Waals surface area contributed by atoms with Gasteiger partial charge in [0.1, 0.15) is 0 Å². The third-order valence-electron chi connectivity index (χ3n) is 5.22. The van der Waals surface area contributed by atoms with Gasteiger partial charge >= 0.3 is 0 Å². The molecule has 0 aliphatic carbocycles. The number of imide groups is 1. The van der Waals surface area contributed by atoms with Gasteiger partial charge in [0.2, 0.25) is 0 Å². The summed E-state index contributed by atoms with van der Waals surface area (Å²) in [5, 5.41) is 0. The first-order chi connectivity index (χ1) is 13.9. The van der Waals surface area contributed by atoms with Crippen molar-refractivity contribution in [2.75, 3.05) is 28.6 Å². The molecule has 2 aromatic rings. The Morgan fingerprint density at radius 2 is 1.55 bits per heavy atom. The van der Waals surface area contributed by atoms with Crippen molar-refractivity contribution < 1.29 is 9.59 Å². The average Bonchev–Trinajstić information content (AvgIpc) is 2.94. The van der Waals surface area contributed by atoms with Crippen molar-refractivity contribution in [1.29, 1.82) is 0 Å². The fourth-order valence-electron chi connectivity index (χ4n) is 3.76. The van der Waals surface area contributed by atoms with E-state index in [2.05, 4.69) is 24.8 Å². The number of benzene rings is 2. The lowest BCUT2D eigenvalue weighted by atomic mass is 9.99. The Kier molecular flexibility index (Phi) is 6.48. The smallest absolute Gasteiger partial charge is 0.272 e. The molecule has 152 valence electrons. The first kappa shape index (κ1) is 21.2. The minimum atomic E-state index is -0.242. The summed E-state index contributed by atoms with van der Waals surface area (Å²) in [5.74, 6) is 0.262. The van der Waals surface area contributed by atoms with Crippen molar-refractivity contribution in [3.8, 4) is 0 Å². The zero-order valence-corrected chi connectivity index (χ0v) is 18.6. The van der Waals surface area contributed by atoms with Gasteiger partial charge in [-0.3, -0.25) is 9.59 Å². The van der Waals surface area contributed by atoms with Gasteiger partial charge in [0.25, 0.3) is 11.8 Å². The molecule has 0 atom stereocenters. The Morgan fingerprint density at radius 1 is 0.897 bits per heavy atom. The van der Waals surface area contributed by atoms with E-state index in [9.17, 15) is 9.59 Å². The second-order valence-corrected chi connectivity index (χ2v) is 8.36. The Balaban J connectivity index is 2.02. The Labute approximate surface area is 177 Å². The number of amides is 2. The lowest BCUT2D eigenvalue weighted by molar-refractivity contribution is -0.119. The summed E-state index contributed by atoms with van der Waals surface area (Å²) < 4.78 is 0. The summed E-state index contributed by atoms with van der Waals surface area (Å²) in [5.41, 5.74) is 5.21. The van der Waals surface area contributed by atoms with Gasteiger partial charge in [-0.2, -0.15) is 0 Å². The fraction of sp³-hybridized carbons (Fsp3) is 0.333. The minimum Gasteiger partial charge on any atom is -0.372 e. The topological polar surface area (TPSA) is 40.6 Å². The first-order valence-corrected chi connectivity index (χ1v) is 11.1. The predicted molar refractivity (Wildman–Crippen MR) is 123 cm³/mol. The molecule has 1 aliphatic heterocycles. The maximum Gasteiger partial charge on any atom is 0.272 e. The molecule has 1 aliphatic rings. The van der Waals surface area contributed by atoms with Crippen LogP contribution < -0.4 is 9.80 Å². The van der Waals surface area contributed by atoms with Crippen LogP contribution in [0.1, 0.15) is 37.5 Å². The highest BCUT2D eigenvalue weighted by atomic mass is 32.2. The van der Waals surface area contributed by atoms with Gasteiger partial charge < -0.3 is 4.90 Å². The molecule has 5 heteroatoms. The van der Waals surface area contributed by atoms with E-state index in [1.165, 1.54) is 16.7 Å². The van der Waals surface area contributed by atoms with E-state index >= 15 is 0 Å². The van der Waals surface area contributed by atoms with Crippen LogP contribution in [0.3, 0.4) is 0 Å². The van der Waals surface area contributed by atoms with Crippen molar-refractivity contribution in [2.45, 2.75) is 34.6 Å². The van der Waals surface area contributed by atoms with Gasteiger partial charge in [-0.15, -0.1) is 11.8 Å². The third kappa shape index (κ3) is 3.97. The number of hydrogen-bond acceptors (Lipinski definition) is 4. The van der Waals surface area contributed by atoms with E-state index in [4.69, 9.17) is 0 Å². The van der Waals surface area contributed by atoms with Crippen LogP contribution in [0.15, 0.2) is 47.4 Å². The van der Waals surface area contributed by atoms with Gasteiger partial charge in [-0.1, -0.05) is 30.7 Å². The number of aryl methyl sites for hydroxylation is 2. The maximum absolute atomic E-state index is 13.4. The van der Waals surface area contributed by atoms with Gasteiger partial charge in [0.05, 0.1) is 16.2 Å². The Morgan fingerprint density at radius 3 is 2.10 bits per heavy atom. The van der Waals surface area contributed by atoms with Crippen molar-refractivity contribution in [1.82, 2.24) is 0 Å². The summed E-state index contributed by atoms with van der Waals surface area (Å²) in [6, 6.07) is 13.7. The molecule has 0 fully saturated rings. The Bertz CT molecular complexity index is 959. The summed E-state index contributed by atoms with van der Waals surface area (Å²) in [4.78, 5) is 30.7. The predicted octanol–water partition coefficient (Wildman–Crippen LogP) is 5.19. The lowest BCUT2D eigenvalue weighted by Crippen LogP contribution is -2.31. The molecule has 0 saturated heterocycles. The van der Waals surface area contributed by atoms with Crippen LogP contribution in [-0.4, -0.2) is 30.7 Å². The van der Waals surface area contributed by atoms with Gasteiger partial charge in [0, 0.05) is 18.8 Å². The molecule has 0 bridgehead atoms. The second kappa shape index (κ2) is 8.87. The zero-order chi connectivity index (χ0) is 21.1. The number of carbonyl (C=O) groups is 2. The van der Waals surface area contributed by atoms with E-state index in [1.54, 1.807) is 0 Å². The molecule has 0 N–H and O–H groups in total. The quantitative estimate of drug-likeness (QED) is 0.592. The van der Waals surface area contributed by atoms with Crippen molar-refractivity contribution >= 4 is 40.5 Å². The van der Waals surface area contributed by atoms with Crippen LogP contribution in [0.4, 0.5) is 11.4 Å². The first-order valence-electron chi connectivity index (χ1n) is 10.1. The molecule has 0 unspecified atom stereocenters. The van der Waals surface area contributed by atoms with E-state index in [0.29, 0.717) is 16.2 Å². The Hall–Kier alpha value is -2.53. The highest BCUT2D eigenvalue weighted by molar-refractivity contribution is 8.04. The van der Waals surface area contributed by atoms with E-state index in [0.717, 1.165) is 41.2 Å². The fourth-order valence-corrected chi connectivity index (χ4v) is 4.60. The summed E-state index contributed by atoms with van der Waals surface area (Å²) in [7, 11) is 0. The van der Waals surface area contributed by atoms with Crippen molar-refractivity contribution in [3.63, 3.8) is 0 Å². The standard InChI is InChI=1S/C24H28N2O2S/c1-6-25(7-2)18-10-12-19(13-11-18)26-23(27)21(22(24(26)28)29-8-3)20-14-9-16(4)15-17(20)5/h9-15H,6-8H2,1-5H3. The van der Waals surface area contributed by atoms with Gasteiger partial charge in [0.15, 0.2) is 0 Å². The van der Waals surface area contributed by atoms with Gasteiger partial charge in [-0.05, 0) is 68.8 Å². The average molecular weight is 409 g/mol. The normalized spacial score (nSPS) is 14.2. The van der Waals surface area contributed by atoms with E-state index in [1.807, 2.05) is 57.2 Å². The van der Waals surface area contributed by atoms with Crippen LogP contribution in [0.5, 0.6) is 0 Å². The molecule has 29 heavy (non-hydrogen) atoms. The number of nitrogens with zero attached hydrogens (tertiary/aromatic N) is 2. The van der Waals surface area contributed by atoms with Crippen LogP contribution in [0, 0.1) is 13.8 Å². The van der Waals surface area contributed by atoms with Crippen LogP contribution in [-0.2, 0) is 9.59 Å². The minimum absolute atomic E-state index is 0.229. The number of carbonyl (C=O) groups excluding carboxylic acids is 2. The molecule has 0 radical (unpaired) electrons. The summed E-state index contributed by atoms with van der Waals surface area (Å²) >= 11 is 1.44. The third-order valence-corrected chi connectivity index (χ3v) is 6.17. The van der Waals surface area contributed by atoms with Crippen molar-refractivity contribution in [2.24, 2.45) is 0 Å². The highest BCUT2D eigenvalue weighted by Crippen LogP contribution is 2.39. The van der Waals surface area contributed by atoms with Crippen molar-refractivity contribution in [3.05, 3.63) is 64.1 Å². The molecule has 2 aromatic carbocycles. The number of hydrogen-bond donors (Lipinski definition) is 0. The molecule has 4 nitrogen and oxygen atoms in total. The monoisotopic (exact) mass is 408 g/mol.